The Balaban J connectivity index is 2.40. The Morgan fingerprint density at radius 3 is 2.68 bits per heavy atom. The van der Waals surface area contributed by atoms with Gasteiger partial charge in [0.1, 0.15) is 11.9 Å². The lowest BCUT2D eigenvalue weighted by Crippen LogP contribution is -2.04. The van der Waals surface area contributed by atoms with Crippen LogP contribution in [0.3, 0.4) is 0 Å². The third kappa shape index (κ3) is 3.28. The zero-order valence-electron chi connectivity index (χ0n) is 9.90. The van der Waals surface area contributed by atoms with Gasteiger partial charge in [-0.25, -0.2) is 0 Å². The third-order valence-electron chi connectivity index (χ3n) is 2.59. The van der Waals surface area contributed by atoms with E-state index >= 15 is 0 Å². The molecule has 0 bridgehead atoms. The van der Waals surface area contributed by atoms with E-state index in [4.69, 9.17) is 16.3 Å². The van der Waals surface area contributed by atoms with Crippen molar-refractivity contribution in [2.45, 2.75) is 6.10 Å². The number of ether oxygens (including phenoxy) is 1. The summed E-state index contributed by atoms with van der Waals surface area (Å²) in [6.07, 6.45) is 0.782. The van der Waals surface area contributed by atoms with Gasteiger partial charge in [0.15, 0.2) is 0 Å². The summed E-state index contributed by atoms with van der Waals surface area (Å²) < 4.78 is 6.70. The van der Waals surface area contributed by atoms with E-state index in [0.717, 1.165) is 8.95 Å². The van der Waals surface area contributed by atoms with Gasteiger partial charge in [-0.15, -0.1) is 0 Å². The van der Waals surface area contributed by atoms with Gasteiger partial charge in [-0.3, -0.25) is 4.98 Å². The average molecular weight is 407 g/mol. The van der Waals surface area contributed by atoms with Gasteiger partial charge in [-0.1, -0.05) is 17.7 Å². The molecule has 2 rings (SSSR count). The van der Waals surface area contributed by atoms with Gasteiger partial charge < -0.3 is 9.84 Å². The van der Waals surface area contributed by atoms with Gasteiger partial charge >= 0.3 is 0 Å². The summed E-state index contributed by atoms with van der Waals surface area (Å²) in [7, 11) is 1.53. The van der Waals surface area contributed by atoms with Crippen molar-refractivity contribution in [2.75, 3.05) is 7.11 Å². The van der Waals surface area contributed by atoms with E-state index < -0.39 is 6.10 Å². The van der Waals surface area contributed by atoms with E-state index in [1.807, 2.05) is 6.07 Å². The maximum atomic E-state index is 10.4. The van der Waals surface area contributed by atoms with Gasteiger partial charge in [0.05, 0.1) is 17.8 Å². The molecule has 1 heterocycles. The smallest absolute Gasteiger partial charge is 0.137 e. The number of aromatic nitrogens is 1. The molecule has 1 N–H and O–H groups in total. The van der Waals surface area contributed by atoms with Crippen molar-refractivity contribution in [3.05, 3.63) is 55.7 Å². The molecule has 3 nitrogen and oxygen atoms in total. The van der Waals surface area contributed by atoms with Crippen molar-refractivity contribution in [2.24, 2.45) is 0 Å². The number of halogens is 3. The number of aliphatic hydroxyl groups is 1. The van der Waals surface area contributed by atoms with Crippen LogP contribution in [0.2, 0.25) is 5.02 Å². The molecule has 0 saturated carbocycles. The van der Waals surface area contributed by atoms with Crippen LogP contribution in [-0.2, 0) is 0 Å². The van der Waals surface area contributed by atoms with Crippen molar-refractivity contribution < 1.29 is 9.84 Å². The van der Waals surface area contributed by atoms with E-state index in [0.29, 0.717) is 22.0 Å². The minimum absolute atomic E-state index is 0.501. The van der Waals surface area contributed by atoms with Crippen molar-refractivity contribution in [1.82, 2.24) is 4.98 Å². The van der Waals surface area contributed by atoms with E-state index in [9.17, 15) is 5.11 Å². The quantitative estimate of drug-likeness (QED) is 0.823. The number of hydrogen-bond donors (Lipinski definition) is 1. The summed E-state index contributed by atoms with van der Waals surface area (Å²) in [5.41, 5.74) is 1.20. The molecular formula is C13H10Br2ClNO2. The Bertz CT molecular complexity index is 607. The van der Waals surface area contributed by atoms with Crippen LogP contribution in [0.25, 0.3) is 0 Å². The summed E-state index contributed by atoms with van der Waals surface area (Å²) in [4.78, 5) is 4.21. The molecule has 19 heavy (non-hydrogen) atoms. The highest BCUT2D eigenvalue weighted by Gasteiger charge is 2.17. The number of hydrogen-bond acceptors (Lipinski definition) is 3. The Kier molecular flexibility index (Phi) is 4.84. The van der Waals surface area contributed by atoms with E-state index in [1.165, 1.54) is 7.11 Å². The van der Waals surface area contributed by atoms with Gasteiger partial charge in [0.25, 0.3) is 0 Å². The minimum Gasteiger partial charge on any atom is -0.495 e. The first kappa shape index (κ1) is 14.8. The molecule has 0 aliphatic heterocycles. The molecule has 1 aromatic heterocycles. The van der Waals surface area contributed by atoms with Crippen LogP contribution >= 0.6 is 43.5 Å². The monoisotopic (exact) mass is 405 g/mol. The number of benzene rings is 1. The first-order chi connectivity index (χ1) is 9.02. The summed E-state index contributed by atoms with van der Waals surface area (Å²) in [6, 6.07) is 6.96. The summed E-state index contributed by atoms with van der Waals surface area (Å²) in [5, 5.41) is 10.9. The maximum Gasteiger partial charge on any atom is 0.137 e. The highest BCUT2D eigenvalue weighted by Crippen LogP contribution is 2.32. The Morgan fingerprint density at radius 1 is 1.32 bits per heavy atom. The van der Waals surface area contributed by atoms with Crippen LogP contribution in [0.1, 0.15) is 17.4 Å². The lowest BCUT2D eigenvalue weighted by molar-refractivity contribution is 0.214. The predicted molar refractivity (Wildman–Crippen MR) is 81.7 cm³/mol. The van der Waals surface area contributed by atoms with Crippen molar-refractivity contribution in [1.29, 1.82) is 0 Å². The fraction of sp³-hybridized carbons (Fsp3) is 0.154. The number of nitrogens with zero attached hydrogens (tertiary/aromatic N) is 1. The molecule has 0 radical (unpaired) electrons. The van der Waals surface area contributed by atoms with Gasteiger partial charge in [0.2, 0.25) is 0 Å². The van der Waals surface area contributed by atoms with Crippen molar-refractivity contribution in [3.63, 3.8) is 0 Å². The van der Waals surface area contributed by atoms with Gasteiger partial charge in [-0.2, -0.15) is 0 Å². The molecule has 1 atom stereocenters. The fourth-order valence-corrected chi connectivity index (χ4v) is 3.03. The Hall–Kier alpha value is -0.620. The van der Waals surface area contributed by atoms with Crippen LogP contribution in [0.15, 0.2) is 39.4 Å². The highest BCUT2D eigenvalue weighted by molar-refractivity contribution is 9.11. The molecule has 0 aliphatic rings. The summed E-state index contributed by atoms with van der Waals surface area (Å²) >= 11 is 12.7. The first-order valence-corrected chi connectivity index (χ1v) is 7.31. The van der Waals surface area contributed by atoms with E-state index in [-0.39, 0.29) is 0 Å². The zero-order chi connectivity index (χ0) is 14.0. The molecule has 0 spiro atoms. The number of pyridine rings is 1. The number of methoxy groups -OCH3 is 1. The minimum atomic E-state index is -0.853. The normalized spacial score (nSPS) is 12.3. The average Bonchev–Trinajstić information content (AvgIpc) is 2.38. The molecule has 6 heteroatoms. The largest absolute Gasteiger partial charge is 0.495 e. The molecule has 0 fully saturated rings. The van der Waals surface area contributed by atoms with Crippen molar-refractivity contribution in [3.8, 4) is 5.75 Å². The first-order valence-electron chi connectivity index (χ1n) is 5.35. The summed E-state index contributed by atoms with van der Waals surface area (Å²) in [6.45, 7) is 0. The van der Waals surface area contributed by atoms with Crippen molar-refractivity contribution >= 4 is 43.5 Å². The van der Waals surface area contributed by atoms with E-state index in [1.54, 1.807) is 24.4 Å². The second-order valence-corrected chi connectivity index (χ2v) is 5.99. The predicted octanol–water partition coefficient (Wildman–Crippen LogP) is 4.35. The standard InChI is InChI=1S/C13H10Br2ClNO2/c1-19-11-4-7(2-3-10(11)16)13(18)12-9(15)5-8(14)6-17-12/h2-6,13,18H,1H3. The van der Waals surface area contributed by atoms with E-state index in [2.05, 4.69) is 36.8 Å². The van der Waals surface area contributed by atoms with Gasteiger partial charge in [-0.05, 0) is 55.6 Å². The lowest BCUT2D eigenvalue weighted by Gasteiger charge is -2.14. The molecular weight excluding hydrogens is 397 g/mol. The second kappa shape index (κ2) is 6.22. The molecule has 2 aromatic rings. The van der Waals surface area contributed by atoms with Crippen LogP contribution in [0.5, 0.6) is 5.75 Å². The third-order valence-corrected chi connectivity index (χ3v) is 3.97. The SMILES string of the molecule is COc1cc(C(O)c2ncc(Br)cc2Br)ccc1Cl. The van der Waals surface area contributed by atoms with Crippen LogP contribution < -0.4 is 4.74 Å². The van der Waals surface area contributed by atoms with Gasteiger partial charge in [0, 0.05) is 15.1 Å². The molecule has 1 aromatic carbocycles. The Morgan fingerprint density at radius 2 is 2.05 bits per heavy atom. The molecule has 1 unspecified atom stereocenters. The number of aliphatic hydroxyl groups excluding tert-OH is 1. The zero-order valence-corrected chi connectivity index (χ0v) is 13.8. The van der Waals surface area contributed by atoms with Crippen LogP contribution in [0, 0.1) is 0 Å². The van der Waals surface area contributed by atoms with Crippen LogP contribution in [0.4, 0.5) is 0 Å². The maximum absolute atomic E-state index is 10.4. The fourth-order valence-electron chi connectivity index (χ4n) is 1.63. The highest BCUT2D eigenvalue weighted by atomic mass is 79.9. The molecule has 0 aliphatic carbocycles. The summed E-state index contributed by atoms with van der Waals surface area (Å²) in [5.74, 6) is 0.520. The lowest BCUT2D eigenvalue weighted by atomic mass is 10.1. The molecule has 0 saturated heterocycles. The van der Waals surface area contributed by atoms with Crippen LogP contribution in [-0.4, -0.2) is 17.2 Å². The molecule has 0 amide bonds. The Labute approximate surface area is 132 Å². The number of rotatable bonds is 3. The second-order valence-electron chi connectivity index (χ2n) is 3.82. The molecule has 100 valence electrons. The topological polar surface area (TPSA) is 42.4 Å².